The van der Waals surface area contributed by atoms with Crippen molar-refractivity contribution < 1.29 is 4.79 Å². The van der Waals surface area contributed by atoms with Gasteiger partial charge >= 0.3 is 0 Å². The minimum atomic E-state index is -0.188. The zero-order chi connectivity index (χ0) is 14.5. The minimum Gasteiger partial charge on any atom is -0.337 e. The Kier molecular flexibility index (Phi) is 4.34. The zero-order valence-electron chi connectivity index (χ0n) is 10.9. The highest BCUT2D eigenvalue weighted by Crippen LogP contribution is 2.16. The lowest BCUT2D eigenvalue weighted by Crippen LogP contribution is -2.26. The summed E-state index contributed by atoms with van der Waals surface area (Å²) < 4.78 is 0. The number of hydrogen-bond acceptors (Lipinski definition) is 3. The van der Waals surface area contributed by atoms with Gasteiger partial charge in [-0.2, -0.15) is 5.26 Å². The van der Waals surface area contributed by atoms with Gasteiger partial charge in [0.05, 0.1) is 22.2 Å². The zero-order valence-corrected chi connectivity index (χ0v) is 11.6. The highest BCUT2D eigenvalue weighted by atomic mass is 35.5. The summed E-state index contributed by atoms with van der Waals surface area (Å²) in [5.74, 6) is -0.188. The van der Waals surface area contributed by atoms with Gasteiger partial charge < -0.3 is 4.90 Å². The molecule has 1 heterocycles. The van der Waals surface area contributed by atoms with Gasteiger partial charge in [0.1, 0.15) is 0 Å². The van der Waals surface area contributed by atoms with Gasteiger partial charge in [-0.05, 0) is 23.8 Å². The lowest BCUT2D eigenvalue weighted by Gasteiger charge is -2.17. The number of benzene rings is 1. The Hall–Kier alpha value is -2.38. The third kappa shape index (κ3) is 3.14. The maximum Gasteiger partial charge on any atom is 0.256 e. The first-order valence-corrected chi connectivity index (χ1v) is 6.33. The second-order valence-electron chi connectivity index (χ2n) is 4.33. The smallest absolute Gasteiger partial charge is 0.256 e. The average Bonchev–Trinajstić information content (AvgIpc) is 2.48. The molecule has 0 aliphatic rings. The van der Waals surface area contributed by atoms with Crippen LogP contribution in [0, 0.1) is 11.3 Å². The van der Waals surface area contributed by atoms with E-state index in [1.54, 1.807) is 36.3 Å². The summed E-state index contributed by atoms with van der Waals surface area (Å²) >= 11 is 5.98. The van der Waals surface area contributed by atoms with Crippen LogP contribution < -0.4 is 0 Å². The predicted molar refractivity (Wildman–Crippen MR) is 76.2 cm³/mol. The van der Waals surface area contributed by atoms with E-state index in [0.29, 0.717) is 22.7 Å². The first kappa shape index (κ1) is 14.0. The van der Waals surface area contributed by atoms with Gasteiger partial charge in [0, 0.05) is 26.0 Å². The van der Waals surface area contributed by atoms with Crippen molar-refractivity contribution in [2.75, 3.05) is 7.05 Å². The van der Waals surface area contributed by atoms with Crippen LogP contribution in [0.2, 0.25) is 5.02 Å². The van der Waals surface area contributed by atoms with E-state index in [9.17, 15) is 4.79 Å². The fourth-order valence-corrected chi connectivity index (χ4v) is 1.96. The van der Waals surface area contributed by atoms with E-state index in [-0.39, 0.29) is 5.91 Å². The van der Waals surface area contributed by atoms with Crippen molar-refractivity contribution in [3.63, 3.8) is 0 Å². The molecule has 100 valence electrons. The molecule has 5 heteroatoms. The number of halogens is 1. The van der Waals surface area contributed by atoms with Crippen LogP contribution in [-0.4, -0.2) is 22.8 Å². The van der Waals surface area contributed by atoms with Crippen molar-refractivity contribution >= 4 is 17.5 Å². The second-order valence-corrected chi connectivity index (χ2v) is 4.73. The SMILES string of the molecule is CN(Cc1ccc(C#N)cc1)C(=O)c1cnccc1Cl. The lowest BCUT2D eigenvalue weighted by atomic mass is 10.1. The Morgan fingerprint density at radius 3 is 2.65 bits per heavy atom. The van der Waals surface area contributed by atoms with E-state index in [2.05, 4.69) is 11.1 Å². The highest BCUT2D eigenvalue weighted by Gasteiger charge is 2.15. The van der Waals surface area contributed by atoms with Gasteiger partial charge in [0.2, 0.25) is 0 Å². The number of rotatable bonds is 3. The van der Waals surface area contributed by atoms with E-state index in [1.165, 1.54) is 6.20 Å². The number of aromatic nitrogens is 1. The van der Waals surface area contributed by atoms with Crippen LogP contribution in [0.25, 0.3) is 0 Å². The molecule has 0 aliphatic carbocycles. The molecule has 0 saturated heterocycles. The number of nitrogens with zero attached hydrogens (tertiary/aromatic N) is 3. The summed E-state index contributed by atoms with van der Waals surface area (Å²) in [6, 6.07) is 10.8. The number of nitriles is 1. The van der Waals surface area contributed by atoms with Gasteiger partial charge in [-0.15, -0.1) is 0 Å². The molecule has 0 fully saturated rings. The second kappa shape index (κ2) is 6.18. The van der Waals surface area contributed by atoms with Crippen molar-refractivity contribution in [2.45, 2.75) is 6.54 Å². The van der Waals surface area contributed by atoms with Crippen LogP contribution in [0.4, 0.5) is 0 Å². The summed E-state index contributed by atoms with van der Waals surface area (Å²) in [4.78, 5) is 17.7. The maximum absolute atomic E-state index is 12.2. The third-order valence-electron chi connectivity index (χ3n) is 2.85. The molecular weight excluding hydrogens is 274 g/mol. The largest absolute Gasteiger partial charge is 0.337 e. The number of amides is 1. The fraction of sp³-hybridized carbons (Fsp3) is 0.133. The molecule has 1 amide bonds. The summed E-state index contributed by atoms with van der Waals surface area (Å²) in [5.41, 5.74) is 1.92. The van der Waals surface area contributed by atoms with E-state index < -0.39 is 0 Å². The molecule has 0 N–H and O–H groups in total. The van der Waals surface area contributed by atoms with E-state index >= 15 is 0 Å². The molecule has 0 radical (unpaired) electrons. The standard InChI is InChI=1S/C15H12ClN3O/c1-19(10-12-4-2-11(8-17)3-5-12)15(20)13-9-18-7-6-14(13)16/h2-7,9H,10H2,1H3. The van der Waals surface area contributed by atoms with Gasteiger partial charge in [-0.25, -0.2) is 0 Å². The first-order valence-electron chi connectivity index (χ1n) is 5.96. The van der Waals surface area contributed by atoms with E-state index in [0.717, 1.165) is 5.56 Å². The quantitative estimate of drug-likeness (QED) is 0.871. The molecule has 20 heavy (non-hydrogen) atoms. The monoisotopic (exact) mass is 285 g/mol. The van der Waals surface area contributed by atoms with Gasteiger partial charge in [0.15, 0.2) is 0 Å². The number of pyridine rings is 1. The van der Waals surface area contributed by atoms with Crippen molar-refractivity contribution in [3.8, 4) is 6.07 Å². The normalized spacial score (nSPS) is 9.85. The van der Waals surface area contributed by atoms with Gasteiger partial charge in [-0.1, -0.05) is 23.7 Å². The summed E-state index contributed by atoms with van der Waals surface area (Å²) in [6.07, 6.45) is 3.00. The van der Waals surface area contributed by atoms with Crippen molar-refractivity contribution in [1.29, 1.82) is 5.26 Å². The molecule has 0 aliphatic heterocycles. The fourth-order valence-electron chi connectivity index (χ4n) is 1.77. The topological polar surface area (TPSA) is 57.0 Å². The molecule has 2 aromatic rings. The predicted octanol–water partition coefficient (Wildman–Crippen LogP) is 2.88. The average molecular weight is 286 g/mol. The van der Waals surface area contributed by atoms with Crippen molar-refractivity contribution in [3.05, 3.63) is 64.4 Å². The molecule has 4 nitrogen and oxygen atoms in total. The summed E-state index contributed by atoms with van der Waals surface area (Å²) in [6.45, 7) is 0.440. The Labute approximate surface area is 122 Å². The lowest BCUT2D eigenvalue weighted by molar-refractivity contribution is 0.0785. The minimum absolute atomic E-state index is 0.188. The van der Waals surface area contributed by atoms with Gasteiger partial charge in [0.25, 0.3) is 5.91 Å². The van der Waals surface area contributed by atoms with Crippen LogP contribution in [-0.2, 0) is 6.54 Å². The number of carbonyl (C=O) groups is 1. The first-order chi connectivity index (χ1) is 9.61. The Bertz CT molecular complexity index is 662. The molecule has 1 aromatic carbocycles. The van der Waals surface area contributed by atoms with Crippen LogP contribution >= 0.6 is 11.6 Å². The summed E-state index contributed by atoms with van der Waals surface area (Å²) in [7, 11) is 1.70. The van der Waals surface area contributed by atoms with E-state index in [4.69, 9.17) is 16.9 Å². The molecule has 0 saturated carbocycles. The Balaban J connectivity index is 2.11. The molecule has 0 unspecified atom stereocenters. The molecule has 2 rings (SSSR count). The van der Waals surface area contributed by atoms with Crippen LogP contribution in [0.15, 0.2) is 42.7 Å². The van der Waals surface area contributed by atoms with Crippen molar-refractivity contribution in [2.24, 2.45) is 0 Å². The summed E-state index contributed by atoms with van der Waals surface area (Å²) in [5, 5.41) is 9.13. The molecule has 0 bridgehead atoms. The Morgan fingerprint density at radius 1 is 1.35 bits per heavy atom. The van der Waals surface area contributed by atoms with Crippen molar-refractivity contribution in [1.82, 2.24) is 9.88 Å². The van der Waals surface area contributed by atoms with Gasteiger partial charge in [-0.3, -0.25) is 9.78 Å². The van der Waals surface area contributed by atoms with Crippen LogP contribution in [0.1, 0.15) is 21.5 Å². The third-order valence-corrected chi connectivity index (χ3v) is 3.18. The van der Waals surface area contributed by atoms with Crippen LogP contribution in [0.3, 0.4) is 0 Å². The molecule has 1 aromatic heterocycles. The van der Waals surface area contributed by atoms with Crippen LogP contribution in [0.5, 0.6) is 0 Å². The highest BCUT2D eigenvalue weighted by molar-refractivity contribution is 6.33. The Morgan fingerprint density at radius 2 is 2.05 bits per heavy atom. The van der Waals surface area contributed by atoms with E-state index in [1.807, 2.05) is 12.1 Å². The molecule has 0 spiro atoms. The molecular formula is C15H12ClN3O. The molecule has 0 atom stereocenters. The number of hydrogen-bond donors (Lipinski definition) is 0. The maximum atomic E-state index is 12.2. The number of carbonyl (C=O) groups excluding carboxylic acids is 1.